The van der Waals surface area contributed by atoms with Gasteiger partial charge in [-0.1, -0.05) is 0 Å². The van der Waals surface area contributed by atoms with E-state index in [1.54, 1.807) is 0 Å². The first-order valence-electron chi connectivity index (χ1n) is 5.06. The molecule has 0 fully saturated rings. The van der Waals surface area contributed by atoms with Gasteiger partial charge >= 0.3 is 0 Å². The second-order valence-electron chi connectivity index (χ2n) is 3.71. The van der Waals surface area contributed by atoms with Crippen molar-refractivity contribution in [3.8, 4) is 0 Å². The van der Waals surface area contributed by atoms with E-state index < -0.39 is 0 Å². The maximum Gasteiger partial charge on any atom is 0.226 e. The summed E-state index contributed by atoms with van der Waals surface area (Å²) in [6, 6.07) is 2.16. The van der Waals surface area contributed by atoms with E-state index in [0.29, 0.717) is 13.0 Å². The van der Waals surface area contributed by atoms with Crippen LogP contribution < -0.4 is 10.6 Å². The number of H-pyrrole nitrogens is 1. The SMILES string of the molecule is CNC(C)CNC(=O)Cc1cc(C)[nH]n1. The number of nitrogens with one attached hydrogen (secondary N) is 3. The predicted octanol–water partition coefficient (Wildman–Crippen LogP) is -0.0153. The van der Waals surface area contributed by atoms with Gasteiger partial charge in [-0.2, -0.15) is 5.10 Å². The van der Waals surface area contributed by atoms with Crippen molar-refractivity contribution < 1.29 is 4.79 Å². The minimum Gasteiger partial charge on any atom is -0.354 e. The van der Waals surface area contributed by atoms with Gasteiger partial charge in [0.1, 0.15) is 0 Å². The number of carbonyl (C=O) groups is 1. The van der Waals surface area contributed by atoms with Crippen LogP contribution in [0.25, 0.3) is 0 Å². The Morgan fingerprint density at radius 3 is 2.93 bits per heavy atom. The largest absolute Gasteiger partial charge is 0.354 e. The molecule has 15 heavy (non-hydrogen) atoms. The fraction of sp³-hybridized carbons (Fsp3) is 0.600. The van der Waals surface area contributed by atoms with Crippen LogP contribution in [0.2, 0.25) is 0 Å². The van der Waals surface area contributed by atoms with Crippen LogP contribution in [0.1, 0.15) is 18.3 Å². The highest BCUT2D eigenvalue weighted by Crippen LogP contribution is 1.98. The molecule has 3 N–H and O–H groups in total. The summed E-state index contributed by atoms with van der Waals surface area (Å²) in [4.78, 5) is 11.4. The molecule has 0 spiro atoms. The number of aromatic amines is 1. The topological polar surface area (TPSA) is 69.8 Å². The molecule has 0 saturated heterocycles. The Bertz CT molecular complexity index is 321. The molecular formula is C10H18N4O. The molecule has 1 atom stereocenters. The summed E-state index contributed by atoms with van der Waals surface area (Å²) < 4.78 is 0. The van der Waals surface area contributed by atoms with E-state index >= 15 is 0 Å². The molecule has 1 unspecified atom stereocenters. The number of nitrogens with zero attached hydrogens (tertiary/aromatic N) is 1. The first kappa shape index (κ1) is 11.7. The molecule has 0 radical (unpaired) electrons. The molecule has 84 valence electrons. The molecular weight excluding hydrogens is 192 g/mol. The summed E-state index contributed by atoms with van der Waals surface area (Å²) in [5.41, 5.74) is 1.75. The van der Waals surface area contributed by atoms with Crippen molar-refractivity contribution in [3.63, 3.8) is 0 Å². The van der Waals surface area contributed by atoms with E-state index in [9.17, 15) is 4.79 Å². The highest BCUT2D eigenvalue weighted by atomic mass is 16.1. The van der Waals surface area contributed by atoms with Gasteiger partial charge in [-0.05, 0) is 27.0 Å². The van der Waals surface area contributed by atoms with Gasteiger partial charge in [-0.15, -0.1) is 0 Å². The quantitative estimate of drug-likeness (QED) is 0.640. The average Bonchev–Trinajstić information content (AvgIpc) is 2.60. The third-order valence-electron chi connectivity index (χ3n) is 2.20. The zero-order chi connectivity index (χ0) is 11.3. The second kappa shape index (κ2) is 5.50. The smallest absolute Gasteiger partial charge is 0.226 e. The highest BCUT2D eigenvalue weighted by molar-refractivity contribution is 5.78. The summed E-state index contributed by atoms with van der Waals surface area (Å²) in [5.74, 6) is 0.00333. The fourth-order valence-corrected chi connectivity index (χ4v) is 1.16. The van der Waals surface area contributed by atoms with E-state index in [1.165, 1.54) is 0 Å². The zero-order valence-electron chi connectivity index (χ0n) is 9.42. The molecule has 0 aromatic carbocycles. The number of hydrogen-bond acceptors (Lipinski definition) is 3. The van der Waals surface area contributed by atoms with Crippen LogP contribution in [0, 0.1) is 6.92 Å². The highest BCUT2D eigenvalue weighted by Gasteiger charge is 2.06. The summed E-state index contributed by atoms with van der Waals surface area (Å²) in [6.45, 7) is 4.56. The Labute approximate surface area is 89.6 Å². The maximum absolute atomic E-state index is 11.4. The maximum atomic E-state index is 11.4. The van der Waals surface area contributed by atoms with Gasteiger partial charge < -0.3 is 10.6 Å². The van der Waals surface area contributed by atoms with E-state index in [-0.39, 0.29) is 11.9 Å². The fourth-order valence-electron chi connectivity index (χ4n) is 1.16. The van der Waals surface area contributed by atoms with Crippen LogP contribution in [0.5, 0.6) is 0 Å². The number of aryl methyl sites for hydroxylation is 1. The number of amides is 1. The van der Waals surface area contributed by atoms with Gasteiger partial charge in [0.15, 0.2) is 0 Å². The number of aromatic nitrogens is 2. The van der Waals surface area contributed by atoms with Gasteiger partial charge in [0.25, 0.3) is 0 Å². The minimum absolute atomic E-state index is 0.00333. The van der Waals surface area contributed by atoms with Crippen molar-refractivity contribution in [1.29, 1.82) is 0 Å². The molecule has 5 nitrogen and oxygen atoms in total. The third kappa shape index (κ3) is 4.12. The lowest BCUT2D eigenvalue weighted by Gasteiger charge is -2.10. The van der Waals surface area contributed by atoms with Gasteiger partial charge in [0.2, 0.25) is 5.91 Å². The molecule has 0 saturated carbocycles. The Morgan fingerprint density at radius 1 is 1.67 bits per heavy atom. The molecule has 0 bridgehead atoms. The average molecular weight is 210 g/mol. The van der Waals surface area contributed by atoms with Crippen molar-refractivity contribution in [1.82, 2.24) is 20.8 Å². The van der Waals surface area contributed by atoms with Gasteiger partial charge in [-0.3, -0.25) is 9.89 Å². The van der Waals surface area contributed by atoms with Crippen molar-refractivity contribution in [3.05, 3.63) is 17.5 Å². The van der Waals surface area contributed by atoms with Gasteiger partial charge in [0, 0.05) is 18.3 Å². The molecule has 5 heteroatoms. The van der Waals surface area contributed by atoms with Crippen LogP contribution in [0.15, 0.2) is 6.07 Å². The van der Waals surface area contributed by atoms with Crippen molar-refractivity contribution in [2.24, 2.45) is 0 Å². The lowest BCUT2D eigenvalue weighted by Crippen LogP contribution is -2.37. The molecule has 1 aromatic heterocycles. The molecule has 0 aliphatic rings. The third-order valence-corrected chi connectivity index (χ3v) is 2.20. The van der Waals surface area contributed by atoms with E-state index in [1.807, 2.05) is 27.0 Å². The number of likely N-dealkylation sites (N-methyl/N-ethyl adjacent to an activating group) is 1. The summed E-state index contributed by atoms with van der Waals surface area (Å²) in [5, 5.41) is 12.7. The summed E-state index contributed by atoms with van der Waals surface area (Å²) in [7, 11) is 1.87. The van der Waals surface area contributed by atoms with E-state index in [2.05, 4.69) is 20.8 Å². The lowest BCUT2D eigenvalue weighted by atomic mass is 10.2. The predicted molar refractivity (Wildman–Crippen MR) is 58.6 cm³/mol. The molecule has 1 heterocycles. The molecule has 1 aromatic rings. The van der Waals surface area contributed by atoms with Crippen LogP contribution in [0.4, 0.5) is 0 Å². The van der Waals surface area contributed by atoms with Crippen LogP contribution >= 0.6 is 0 Å². The lowest BCUT2D eigenvalue weighted by molar-refractivity contribution is -0.120. The first-order chi connectivity index (χ1) is 7.11. The number of hydrogen-bond donors (Lipinski definition) is 3. The standard InChI is InChI=1S/C10H18N4O/c1-7-4-9(14-13-7)5-10(15)12-6-8(2)11-3/h4,8,11H,5-6H2,1-3H3,(H,12,15)(H,13,14). The van der Waals surface area contributed by atoms with Crippen LogP contribution in [-0.2, 0) is 11.2 Å². The van der Waals surface area contributed by atoms with Crippen molar-refractivity contribution in [2.45, 2.75) is 26.3 Å². The molecule has 0 aliphatic heterocycles. The Kier molecular flexibility index (Phi) is 4.30. The molecule has 1 amide bonds. The molecule has 0 aliphatic carbocycles. The Morgan fingerprint density at radius 2 is 2.40 bits per heavy atom. The van der Waals surface area contributed by atoms with Gasteiger partial charge in [-0.25, -0.2) is 0 Å². The van der Waals surface area contributed by atoms with E-state index in [0.717, 1.165) is 11.4 Å². The zero-order valence-corrected chi connectivity index (χ0v) is 9.42. The van der Waals surface area contributed by atoms with Crippen molar-refractivity contribution in [2.75, 3.05) is 13.6 Å². The monoisotopic (exact) mass is 210 g/mol. The van der Waals surface area contributed by atoms with Gasteiger partial charge in [0.05, 0.1) is 12.1 Å². The number of carbonyl (C=O) groups excluding carboxylic acids is 1. The second-order valence-corrected chi connectivity index (χ2v) is 3.71. The number of rotatable bonds is 5. The Balaban J connectivity index is 2.30. The normalized spacial score (nSPS) is 12.5. The molecule has 1 rings (SSSR count). The Hall–Kier alpha value is -1.36. The van der Waals surface area contributed by atoms with E-state index in [4.69, 9.17) is 0 Å². The van der Waals surface area contributed by atoms with Crippen LogP contribution in [-0.4, -0.2) is 35.7 Å². The summed E-state index contributed by atoms with van der Waals surface area (Å²) >= 11 is 0. The minimum atomic E-state index is 0.00333. The van der Waals surface area contributed by atoms with Crippen LogP contribution in [0.3, 0.4) is 0 Å². The first-order valence-corrected chi connectivity index (χ1v) is 5.06. The summed E-state index contributed by atoms with van der Waals surface area (Å²) in [6.07, 6.45) is 0.334. The van der Waals surface area contributed by atoms with Crippen molar-refractivity contribution >= 4 is 5.91 Å².